The van der Waals surface area contributed by atoms with Crippen molar-refractivity contribution in [1.29, 1.82) is 0 Å². The van der Waals surface area contributed by atoms with E-state index in [0.29, 0.717) is 6.54 Å². The lowest BCUT2D eigenvalue weighted by Crippen LogP contribution is -2.41. The predicted molar refractivity (Wildman–Crippen MR) is 72.9 cm³/mol. The maximum Gasteiger partial charge on any atom is 0.246 e. The van der Waals surface area contributed by atoms with Gasteiger partial charge in [-0.2, -0.15) is 0 Å². The summed E-state index contributed by atoms with van der Waals surface area (Å²) < 4.78 is 1.05. The summed E-state index contributed by atoms with van der Waals surface area (Å²) >= 11 is 4.97. The fraction of sp³-hybridized carbons (Fsp3) is 0.417. The number of hydrogen-bond acceptors (Lipinski definition) is 3. The normalized spacial score (nSPS) is 21.1. The molecule has 0 saturated carbocycles. The first-order chi connectivity index (χ1) is 8.15. The van der Waals surface area contributed by atoms with E-state index in [2.05, 4.69) is 15.9 Å². The summed E-state index contributed by atoms with van der Waals surface area (Å²) in [7, 11) is 0. The zero-order valence-corrected chi connectivity index (χ0v) is 11.7. The molecule has 0 spiro atoms. The van der Waals surface area contributed by atoms with Gasteiger partial charge in [0.25, 0.3) is 0 Å². The minimum atomic E-state index is -0.364. The number of nitrogens with zero attached hydrogens (tertiary/aromatic N) is 1. The molecule has 1 saturated heterocycles. The lowest BCUT2D eigenvalue weighted by Gasteiger charge is -2.29. The number of aliphatic hydroxyl groups excluding tert-OH is 1. The lowest BCUT2D eigenvalue weighted by atomic mass is 10.1. The number of hydrogen-bond donors (Lipinski definition) is 1. The van der Waals surface area contributed by atoms with Gasteiger partial charge in [-0.3, -0.25) is 4.79 Å². The molecule has 1 unspecified atom stereocenters. The molecule has 3 nitrogen and oxygen atoms in total. The third kappa shape index (κ3) is 3.66. The summed E-state index contributed by atoms with van der Waals surface area (Å²) in [6.07, 6.45) is 4.71. The molecule has 0 aromatic carbocycles. The maximum absolute atomic E-state index is 11.8. The first kappa shape index (κ1) is 12.8. The van der Waals surface area contributed by atoms with Gasteiger partial charge >= 0.3 is 0 Å². The van der Waals surface area contributed by atoms with Crippen LogP contribution in [0.2, 0.25) is 0 Å². The Morgan fingerprint density at radius 1 is 1.59 bits per heavy atom. The highest BCUT2D eigenvalue weighted by Crippen LogP contribution is 2.23. The van der Waals surface area contributed by atoms with Gasteiger partial charge in [-0.15, -0.1) is 11.3 Å². The van der Waals surface area contributed by atoms with E-state index in [4.69, 9.17) is 0 Å². The molecule has 5 heteroatoms. The molecule has 92 valence electrons. The Bertz CT molecular complexity index is 430. The molecule has 1 amide bonds. The third-order valence-corrected chi connectivity index (χ3v) is 4.28. The zero-order chi connectivity index (χ0) is 12.3. The fourth-order valence-corrected chi connectivity index (χ4v) is 3.16. The van der Waals surface area contributed by atoms with Crippen molar-refractivity contribution in [1.82, 2.24) is 4.90 Å². The van der Waals surface area contributed by atoms with E-state index in [1.165, 1.54) is 0 Å². The summed E-state index contributed by atoms with van der Waals surface area (Å²) in [5.74, 6) is -0.0201. The first-order valence-corrected chi connectivity index (χ1v) is 7.16. The second kappa shape index (κ2) is 5.80. The van der Waals surface area contributed by atoms with Crippen molar-refractivity contribution in [2.45, 2.75) is 18.9 Å². The summed E-state index contributed by atoms with van der Waals surface area (Å²) in [6.45, 7) is 1.20. The number of aliphatic hydroxyl groups is 1. The zero-order valence-electron chi connectivity index (χ0n) is 9.30. The van der Waals surface area contributed by atoms with Crippen molar-refractivity contribution >= 4 is 39.2 Å². The summed E-state index contributed by atoms with van der Waals surface area (Å²) in [6, 6.07) is 3.92. The van der Waals surface area contributed by atoms with Crippen LogP contribution >= 0.6 is 27.3 Å². The molecule has 1 atom stereocenters. The maximum atomic E-state index is 11.8. The molecular weight excluding hydrogens is 302 g/mol. The van der Waals surface area contributed by atoms with Crippen molar-refractivity contribution in [2.24, 2.45) is 0 Å². The smallest absolute Gasteiger partial charge is 0.246 e. The Kier molecular flexibility index (Phi) is 4.36. The van der Waals surface area contributed by atoms with E-state index in [1.54, 1.807) is 22.3 Å². The van der Waals surface area contributed by atoms with E-state index in [9.17, 15) is 9.90 Å². The van der Waals surface area contributed by atoms with Gasteiger partial charge in [0.2, 0.25) is 5.91 Å². The van der Waals surface area contributed by atoms with Crippen LogP contribution in [0.5, 0.6) is 0 Å². The summed E-state index contributed by atoms with van der Waals surface area (Å²) in [4.78, 5) is 14.6. The minimum Gasteiger partial charge on any atom is -0.391 e. The van der Waals surface area contributed by atoms with Crippen LogP contribution < -0.4 is 0 Å². The molecule has 1 aromatic heterocycles. The monoisotopic (exact) mass is 315 g/mol. The Balaban J connectivity index is 1.94. The van der Waals surface area contributed by atoms with Gasteiger partial charge in [0.05, 0.1) is 9.89 Å². The highest BCUT2D eigenvalue weighted by Gasteiger charge is 2.20. The van der Waals surface area contributed by atoms with Gasteiger partial charge in [0.15, 0.2) is 0 Å². The molecular formula is C12H14BrNO2S. The number of likely N-dealkylation sites (tertiary alicyclic amines) is 1. The number of rotatable bonds is 2. The number of β-amino-alcohol motifs (C(OH)–C–C–N with tert-alkyl or cyclic N) is 1. The van der Waals surface area contributed by atoms with Crippen LogP contribution in [-0.2, 0) is 4.79 Å². The van der Waals surface area contributed by atoms with E-state index in [0.717, 1.165) is 28.0 Å². The number of piperidine rings is 1. The predicted octanol–water partition coefficient (Wildman–Crippen LogP) is 2.51. The summed E-state index contributed by atoms with van der Waals surface area (Å²) in [5.41, 5.74) is 0. The van der Waals surface area contributed by atoms with Crippen LogP contribution in [0.1, 0.15) is 17.7 Å². The Morgan fingerprint density at radius 2 is 2.41 bits per heavy atom. The average Bonchev–Trinajstić information content (AvgIpc) is 2.72. The number of carbonyl (C=O) groups excluding carboxylic acids is 1. The van der Waals surface area contributed by atoms with Gasteiger partial charge in [0.1, 0.15) is 0 Å². The van der Waals surface area contributed by atoms with Crippen molar-refractivity contribution in [3.05, 3.63) is 26.9 Å². The number of thiophene rings is 1. The SMILES string of the molecule is O=C(/C=C/c1ccc(Br)s1)N1CCCC(O)C1. The molecule has 0 bridgehead atoms. The largest absolute Gasteiger partial charge is 0.391 e. The van der Waals surface area contributed by atoms with E-state index < -0.39 is 0 Å². The molecule has 1 aliphatic rings. The highest BCUT2D eigenvalue weighted by molar-refractivity contribution is 9.11. The fourth-order valence-electron chi connectivity index (χ4n) is 1.83. The van der Waals surface area contributed by atoms with Crippen LogP contribution in [0.25, 0.3) is 6.08 Å². The Hall–Kier alpha value is -0.650. The number of amides is 1. The third-order valence-electron chi connectivity index (χ3n) is 2.69. The van der Waals surface area contributed by atoms with Gasteiger partial charge in [0, 0.05) is 24.0 Å². The van der Waals surface area contributed by atoms with Gasteiger partial charge in [-0.25, -0.2) is 0 Å². The molecule has 17 heavy (non-hydrogen) atoms. The quantitative estimate of drug-likeness (QED) is 0.852. The molecule has 1 aliphatic heterocycles. The molecule has 1 N–H and O–H groups in total. The molecule has 0 aliphatic carbocycles. The van der Waals surface area contributed by atoms with Crippen LogP contribution in [0.3, 0.4) is 0 Å². The van der Waals surface area contributed by atoms with E-state index >= 15 is 0 Å². The molecule has 1 aromatic rings. The van der Waals surface area contributed by atoms with Crippen LogP contribution in [-0.4, -0.2) is 35.1 Å². The second-order valence-electron chi connectivity index (χ2n) is 4.06. The van der Waals surface area contributed by atoms with Crippen molar-refractivity contribution in [3.8, 4) is 0 Å². The Labute approximate surface area is 113 Å². The van der Waals surface area contributed by atoms with Crippen molar-refractivity contribution in [2.75, 3.05) is 13.1 Å². The van der Waals surface area contributed by atoms with Gasteiger partial charge < -0.3 is 10.0 Å². The van der Waals surface area contributed by atoms with Crippen LogP contribution in [0.15, 0.2) is 22.0 Å². The summed E-state index contributed by atoms with van der Waals surface area (Å²) in [5, 5.41) is 9.49. The standard InChI is InChI=1S/C12H14BrNO2S/c13-11-5-3-10(17-11)4-6-12(16)14-7-1-2-9(15)8-14/h3-6,9,15H,1-2,7-8H2/b6-4+. The minimum absolute atomic E-state index is 0.0201. The highest BCUT2D eigenvalue weighted by atomic mass is 79.9. The average molecular weight is 316 g/mol. The van der Waals surface area contributed by atoms with Crippen molar-refractivity contribution in [3.63, 3.8) is 0 Å². The van der Waals surface area contributed by atoms with Crippen molar-refractivity contribution < 1.29 is 9.90 Å². The second-order valence-corrected chi connectivity index (χ2v) is 6.55. The van der Waals surface area contributed by atoms with Crippen LogP contribution in [0, 0.1) is 0 Å². The molecule has 0 radical (unpaired) electrons. The number of halogens is 1. The van der Waals surface area contributed by atoms with Gasteiger partial charge in [-0.05, 0) is 47.0 Å². The van der Waals surface area contributed by atoms with E-state index in [1.807, 2.05) is 18.2 Å². The lowest BCUT2D eigenvalue weighted by molar-refractivity contribution is -0.128. The van der Waals surface area contributed by atoms with E-state index in [-0.39, 0.29) is 12.0 Å². The molecule has 2 heterocycles. The Morgan fingerprint density at radius 3 is 3.06 bits per heavy atom. The topological polar surface area (TPSA) is 40.5 Å². The number of carbonyl (C=O) groups is 1. The molecule has 1 fully saturated rings. The van der Waals surface area contributed by atoms with Gasteiger partial charge in [-0.1, -0.05) is 0 Å². The van der Waals surface area contributed by atoms with Crippen LogP contribution in [0.4, 0.5) is 0 Å². The first-order valence-electron chi connectivity index (χ1n) is 5.55. The molecule has 2 rings (SSSR count).